The average Bonchev–Trinajstić information content (AvgIpc) is 2.62. The van der Waals surface area contributed by atoms with E-state index in [4.69, 9.17) is 0 Å². The maximum Gasteiger partial charge on any atom is 0.254 e. The van der Waals surface area contributed by atoms with Crippen LogP contribution in [-0.2, 0) is 0 Å². The first-order valence-electron chi connectivity index (χ1n) is 8.22. The SMILES string of the molecule is CNc1ccc([C@H]2CCCCN2C(=O)c2ccccc2)c(C)n1. The number of piperidine rings is 1. The molecule has 4 nitrogen and oxygen atoms in total. The maximum atomic E-state index is 12.9. The number of nitrogens with zero attached hydrogens (tertiary/aromatic N) is 2. The van der Waals surface area contributed by atoms with Gasteiger partial charge < -0.3 is 10.2 Å². The number of rotatable bonds is 3. The number of hydrogen-bond donors (Lipinski definition) is 1. The predicted octanol–water partition coefficient (Wildman–Crippen LogP) is 3.80. The Labute approximate surface area is 137 Å². The van der Waals surface area contributed by atoms with Gasteiger partial charge in [0.2, 0.25) is 0 Å². The van der Waals surface area contributed by atoms with E-state index in [-0.39, 0.29) is 11.9 Å². The van der Waals surface area contributed by atoms with E-state index in [1.165, 1.54) is 0 Å². The van der Waals surface area contributed by atoms with Gasteiger partial charge in [0, 0.05) is 24.8 Å². The number of likely N-dealkylation sites (tertiary alicyclic amines) is 1. The fourth-order valence-electron chi connectivity index (χ4n) is 3.31. The normalized spacial score (nSPS) is 17.8. The average molecular weight is 309 g/mol. The molecule has 1 saturated heterocycles. The summed E-state index contributed by atoms with van der Waals surface area (Å²) in [4.78, 5) is 19.5. The lowest BCUT2D eigenvalue weighted by Crippen LogP contribution is -2.38. The number of anilines is 1. The van der Waals surface area contributed by atoms with Crippen LogP contribution in [0.3, 0.4) is 0 Å². The first-order valence-corrected chi connectivity index (χ1v) is 8.22. The van der Waals surface area contributed by atoms with Crippen molar-refractivity contribution in [1.82, 2.24) is 9.88 Å². The first-order chi connectivity index (χ1) is 11.2. The van der Waals surface area contributed by atoms with Crippen LogP contribution in [0.15, 0.2) is 42.5 Å². The van der Waals surface area contributed by atoms with Crippen LogP contribution in [0.25, 0.3) is 0 Å². The lowest BCUT2D eigenvalue weighted by atomic mass is 9.93. The number of aromatic nitrogens is 1. The van der Waals surface area contributed by atoms with E-state index in [0.29, 0.717) is 0 Å². The standard InChI is InChI=1S/C19H23N3O/c1-14-16(11-12-18(20-2)21-14)17-10-6-7-13-22(17)19(23)15-8-4-3-5-9-15/h3-5,8-9,11-12,17H,6-7,10,13H2,1-2H3,(H,20,21)/t17-/m1/s1. The number of aryl methyl sites for hydroxylation is 1. The van der Waals surface area contributed by atoms with Crippen LogP contribution in [0.4, 0.5) is 5.82 Å². The van der Waals surface area contributed by atoms with Crippen molar-refractivity contribution in [3.8, 4) is 0 Å². The Morgan fingerprint density at radius 1 is 1.17 bits per heavy atom. The van der Waals surface area contributed by atoms with Gasteiger partial charge in [-0.15, -0.1) is 0 Å². The van der Waals surface area contributed by atoms with E-state index in [0.717, 1.165) is 48.4 Å². The first kappa shape index (κ1) is 15.5. The summed E-state index contributed by atoms with van der Waals surface area (Å²) in [7, 11) is 1.87. The highest BCUT2D eigenvalue weighted by atomic mass is 16.2. The zero-order valence-electron chi connectivity index (χ0n) is 13.7. The van der Waals surface area contributed by atoms with Crippen molar-refractivity contribution >= 4 is 11.7 Å². The van der Waals surface area contributed by atoms with Gasteiger partial charge in [-0.3, -0.25) is 4.79 Å². The number of benzene rings is 1. The van der Waals surface area contributed by atoms with E-state index < -0.39 is 0 Å². The van der Waals surface area contributed by atoms with Crippen molar-refractivity contribution in [3.63, 3.8) is 0 Å². The second kappa shape index (κ2) is 6.82. The van der Waals surface area contributed by atoms with Crippen LogP contribution in [0.2, 0.25) is 0 Å². The monoisotopic (exact) mass is 309 g/mol. The lowest BCUT2D eigenvalue weighted by molar-refractivity contribution is 0.0610. The number of hydrogen-bond acceptors (Lipinski definition) is 3. The Hall–Kier alpha value is -2.36. The van der Waals surface area contributed by atoms with Crippen molar-refractivity contribution in [1.29, 1.82) is 0 Å². The molecule has 1 aliphatic heterocycles. The van der Waals surface area contributed by atoms with Crippen LogP contribution < -0.4 is 5.32 Å². The summed E-state index contributed by atoms with van der Waals surface area (Å²) in [6.45, 7) is 2.83. The summed E-state index contributed by atoms with van der Waals surface area (Å²) in [6, 6.07) is 13.8. The predicted molar refractivity (Wildman–Crippen MR) is 92.6 cm³/mol. The molecule has 1 aromatic heterocycles. The molecule has 4 heteroatoms. The molecule has 0 unspecified atom stereocenters. The maximum absolute atomic E-state index is 12.9. The van der Waals surface area contributed by atoms with Gasteiger partial charge in [0.15, 0.2) is 0 Å². The topological polar surface area (TPSA) is 45.2 Å². The number of pyridine rings is 1. The summed E-state index contributed by atoms with van der Waals surface area (Å²) in [5.74, 6) is 0.982. The van der Waals surface area contributed by atoms with Crippen molar-refractivity contribution in [2.24, 2.45) is 0 Å². The molecule has 0 radical (unpaired) electrons. The minimum absolute atomic E-state index is 0.118. The van der Waals surface area contributed by atoms with Crippen LogP contribution in [0.1, 0.15) is 46.9 Å². The molecule has 1 N–H and O–H groups in total. The third kappa shape index (κ3) is 3.21. The minimum Gasteiger partial charge on any atom is -0.373 e. The molecule has 23 heavy (non-hydrogen) atoms. The zero-order chi connectivity index (χ0) is 16.2. The Balaban J connectivity index is 1.91. The van der Waals surface area contributed by atoms with Gasteiger partial charge in [0.1, 0.15) is 5.82 Å². The van der Waals surface area contributed by atoms with Crippen LogP contribution in [0.5, 0.6) is 0 Å². The molecule has 1 fully saturated rings. The molecule has 2 heterocycles. The molecule has 3 rings (SSSR count). The zero-order valence-corrected chi connectivity index (χ0v) is 13.7. The second-order valence-electron chi connectivity index (χ2n) is 6.00. The van der Waals surface area contributed by atoms with Crippen molar-refractivity contribution < 1.29 is 4.79 Å². The Bertz CT molecular complexity index is 684. The summed E-state index contributed by atoms with van der Waals surface area (Å²) < 4.78 is 0. The molecule has 1 aromatic carbocycles. The Morgan fingerprint density at radius 3 is 2.65 bits per heavy atom. The molecule has 2 aromatic rings. The third-order valence-electron chi connectivity index (χ3n) is 4.53. The smallest absolute Gasteiger partial charge is 0.254 e. The van der Waals surface area contributed by atoms with Crippen molar-refractivity contribution in [3.05, 3.63) is 59.3 Å². The van der Waals surface area contributed by atoms with Gasteiger partial charge in [-0.1, -0.05) is 24.3 Å². The third-order valence-corrected chi connectivity index (χ3v) is 4.53. The Morgan fingerprint density at radius 2 is 1.96 bits per heavy atom. The Kier molecular flexibility index (Phi) is 4.60. The van der Waals surface area contributed by atoms with Gasteiger partial charge in [-0.2, -0.15) is 0 Å². The molecule has 120 valence electrons. The van der Waals surface area contributed by atoms with Gasteiger partial charge in [0.25, 0.3) is 5.91 Å². The largest absolute Gasteiger partial charge is 0.373 e. The number of carbonyl (C=O) groups is 1. The molecule has 1 aliphatic rings. The van der Waals surface area contributed by atoms with E-state index >= 15 is 0 Å². The summed E-state index contributed by atoms with van der Waals surface area (Å²) >= 11 is 0. The number of amides is 1. The quantitative estimate of drug-likeness (QED) is 0.938. The van der Waals surface area contributed by atoms with Crippen molar-refractivity contribution in [2.45, 2.75) is 32.2 Å². The fraction of sp³-hybridized carbons (Fsp3) is 0.368. The van der Waals surface area contributed by atoms with Gasteiger partial charge >= 0.3 is 0 Å². The molecule has 0 spiro atoms. The molecule has 0 saturated carbocycles. The van der Waals surface area contributed by atoms with Gasteiger partial charge in [-0.05, 0) is 49.9 Å². The molecule has 1 amide bonds. The highest BCUT2D eigenvalue weighted by Crippen LogP contribution is 2.33. The van der Waals surface area contributed by atoms with Gasteiger partial charge in [0.05, 0.1) is 6.04 Å². The fourth-order valence-corrected chi connectivity index (χ4v) is 3.31. The van der Waals surface area contributed by atoms with Crippen LogP contribution in [0, 0.1) is 6.92 Å². The summed E-state index contributed by atoms with van der Waals surface area (Å²) in [5, 5.41) is 3.07. The second-order valence-corrected chi connectivity index (χ2v) is 6.00. The summed E-state index contributed by atoms with van der Waals surface area (Å²) in [6.07, 6.45) is 3.21. The van der Waals surface area contributed by atoms with E-state index in [2.05, 4.69) is 16.4 Å². The molecule has 0 aliphatic carbocycles. The van der Waals surface area contributed by atoms with Crippen LogP contribution >= 0.6 is 0 Å². The highest BCUT2D eigenvalue weighted by molar-refractivity contribution is 5.94. The molecule has 1 atom stereocenters. The minimum atomic E-state index is 0.118. The molecular formula is C19H23N3O. The molecular weight excluding hydrogens is 286 g/mol. The van der Waals surface area contributed by atoms with E-state index in [1.807, 2.05) is 55.3 Å². The number of nitrogens with one attached hydrogen (secondary N) is 1. The van der Waals surface area contributed by atoms with Crippen LogP contribution in [-0.4, -0.2) is 29.4 Å². The lowest BCUT2D eigenvalue weighted by Gasteiger charge is -2.36. The number of carbonyl (C=O) groups excluding carboxylic acids is 1. The van der Waals surface area contributed by atoms with Crippen molar-refractivity contribution in [2.75, 3.05) is 18.9 Å². The van der Waals surface area contributed by atoms with Gasteiger partial charge in [-0.25, -0.2) is 4.98 Å². The highest BCUT2D eigenvalue weighted by Gasteiger charge is 2.29. The van der Waals surface area contributed by atoms with E-state index in [9.17, 15) is 4.79 Å². The summed E-state index contributed by atoms with van der Waals surface area (Å²) in [5.41, 5.74) is 2.92. The van der Waals surface area contributed by atoms with E-state index in [1.54, 1.807) is 0 Å². The molecule has 0 bridgehead atoms.